The second-order valence-corrected chi connectivity index (χ2v) is 3.76. The second kappa shape index (κ2) is 4.74. The van der Waals surface area contributed by atoms with Gasteiger partial charge in [0.25, 0.3) is 0 Å². The van der Waals surface area contributed by atoms with Crippen molar-refractivity contribution in [2.45, 2.75) is 38.8 Å². The molecule has 4 heteroatoms. The van der Waals surface area contributed by atoms with Crippen LogP contribution in [0.5, 0.6) is 0 Å². The van der Waals surface area contributed by atoms with E-state index in [1.165, 1.54) is 0 Å². The molecule has 14 heavy (non-hydrogen) atoms. The number of morpholine rings is 1. The number of rotatable bonds is 3. The first-order valence-electron chi connectivity index (χ1n) is 5.27. The van der Waals surface area contributed by atoms with Gasteiger partial charge in [0.2, 0.25) is 6.04 Å². The van der Waals surface area contributed by atoms with E-state index in [0.29, 0.717) is 19.7 Å². The molecule has 1 saturated heterocycles. The van der Waals surface area contributed by atoms with Gasteiger partial charge in [0, 0.05) is 0 Å². The lowest BCUT2D eigenvalue weighted by atomic mass is 10.0. The van der Waals surface area contributed by atoms with E-state index in [9.17, 15) is 5.21 Å². The fraction of sp³-hybridized carbons (Fsp3) is 0.900. The molecule has 0 saturated carbocycles. The van der Waals surface area contributed by atoms with Crippen LogP contribution in [0, 0.1) is 16.5 Å². The Bertz CT molecular complexity index is 225. The average molecular weight is 198 g/mol. The Labute approximate surface area is 85.2 Å². The molecular formula is C10H18N2O2. The van der Waals surface area contributed by atoms with Crippen molar-refractivity contribution >= 4 is 0 Å². The van der Waals surface area contributed by atoms with Gasteiger partial charge in [-0.2, -0.15) is 5.26 Å². The number of hydrogen-bond donors (Lipinski definition) is 0. The molecule has 0 radical (unpaired) electrons. The standard InChI is InChI=1S/C10H18N2O2/c1-3-5-10-9(8-11)12(13,4-2)6-7-14-10/h9-10H,3-7H2,1-2H3. The molecule has 0 N–H and O–H groups in total. The minimum Gasteiger partial charge on any atom is -0.632 e. The van der Waals surface area contributed by atoms with Gasteiger partial charge in [-0.25, -0.2) is 0 Å². The van der Waals surface area contributed by atoms with Crippen molar-refractivity contribution < 1.29 is 9.38 Å². The van der Waals surface area contributed by atoms with Crippen LogP contribution in [0.4, 0.5) is 0 Å². The lowest BCUT2D eigenvalue weighted by Gasteiger charge is -2.50. The first kappa shape index (κ1) is 11.4. The number of nitriles is 1. The molecule has 1 aliphatic heterocycles. The lowest BCUT2D eigenvalue weighted by molar-refractivity contribution is -0.908. The topological polar surface area (TPSA) is 56.1 Å². The van der Waals surface area contributed by atoms with E-state index in [2.05, 4.69) is 6.07 Å². The summed E-state index contributed by atoms with van der Waals surface area (Å²) < 4.78 is 5.08. The molecule has 1 aliphatic rings. The number of quaternary nitrogens is 1. The van der Waals surface area contributed by atoms with Crippen molar-refractivity contribution in [1.29, 1.82) is 5.26 Å². The van der Waals surface area contributed by atoms with Crippen LogP contribution >= 0.6 is 0 Å². The monoisotopic (exact) mass is 198 g/mol. The molecule has 3 unspecified atom stereocenters. The maximum absolute atomic E-state index is 12.2. The first-order valence-corrected chi connectivity index (χ1v) is 5.27. The third kappa shape index (κ3) is 2.06. The fourth-order valence-corrected chi connectivity index (χ4v) is 1.96. The van der Waals surface area contributed by atoms with Gasteiger partial charge in [0.1, 0.15) is 18.7 Å². The van der Waals surface area contributed by atoms with E-state index in [4.69, 9.17) is 10.00 Å². The van der Waals surface area contributed by atoms with Gasteiger partial charge in [0.05, 0.1) is 13.2 Å². The predicted molar refractivity (Wildman–Crippen MR) is 53.1 cm³/mol. The van der Waals surface area contributed by atoms with Crippen LogP contribution in [-0.4, -0.2) is 36.5 Å². The van der Waals surface area contributed by atoms with Crippen LogP contribution in [0.3, 0.4) is 0 Å². The Morgan fingerprint density at radius 3 is 2.79 bits per heavy atom. The van der Waals surface area contributed by atoms with Crippen molar-refractivity contribution in [2.75, 3.05) is 19.7 Å². The molecule has 1 heterocycles. The van der Waals surface area contributed by atoms with Gasteiger partial charge in [-0.05, 0) is 13.3 Å². The van der Waals surface area contributed by atoms with Gasteiger partial charge in [-0.1, -0.05) is 13.3 Å². The summed E-state index contributed by atoms with van der Waals surface area (Å²) in [6.07, 6.45) is 1.59. The van der Waals surface area contributed by atoms with Crippen LogP contribution in [0.2, 0.25) is 0 Å². The maximum atomic E-state index is 12.2. The molecule has 0 aliphatic carbocycles. The Morgan fingerprint density at radius 1 is 1.57 bits per heavy atom. The van der Waals surface area contributed by atoms with Crippen LogP contribution in [0.15, 0.2) is 0 Å². The van der Waals surface area contributed by atoms with Crippen molar-refractivity contribution in [3.05, 3.63) is 5.21 Å². The summed E-state index contributed by atoms with van der Waals surface area (Å²) in [5, 5.41) is 21.2. The second-order valence-electron chi connectivity index (χ2n) is 3.76. The van der Waals surface area contributed by atoms with E-state index in [-0.39, 0.29) is 6.10 Å². The lowest BCUT2D eigenvalue weighted by Crippen LogP contribution is -2.60. The van der Waals surface area contributed by atoms with Crippen LogP contribution < -0.4 is 0 Å². The van der Waals surface area contributed by atoms with Crippen molar-refractivity contribution in [3.8, 4) is 6.07 Å². The molecule has 1 fully saturated rings. The molecule has 0 bridgehead atoms. The van der Waals surface area contributed by atoms with Gasteiger partial charge < -0.3 is 14.6 Å². The van der Waals surface area contributed by atoms with Crippen LogP contribution in [-0.2, 0) is 4.74 Å². The summed E-state index contributed by atoms with van der Waals surface area (Å²) in [5.41, 5.74) is 0. The van der Waals surface area contributed by atoms with Gasteiger partial charge >= 0.3 is 0 Å². The largest absolute Gasteiger partial charge is 0.632 e. The molecular weight excluding hydrogens is 180 g/mol. The number of hydrogen-bond acceptors (Lipinski definition) is 3. The summed E-state index contributed by atoms with van der Waals surface area (Å²) in [7, 11) is 0. The Morgan fingerprint density at radius 2 is 2.29 bits per heavy atom. The molecule has 0 aromatic rings. The molecule has 0 aromatic carbocycles. The molecule has 0 spiro atoms. The number of hydroxylamine groups is 3. The molecule has 3 atom stereocenters. The van der Waals surface area contributed by atoms with Crippen LogP contribution in [0.1, 0.15) is 26.7 Å². The minimum atomic E-state index is -0.534. The van der Waals surface area contributed by atoms with E-state index in [1.54, 1.807) is 0 Å². The molecule has 4 nitrogen and oxygen atoms in total. The average Bonchev–Trinajstić information content (AvgIpc) is 2.19. The van der Waals surface area contributed by atoms with E-state index >= 15 is 0 Å². The quantitative estimate of drug-likeness (QED) is 0.509. The predicted octanol–water partition coefficient (Wildman–Crippen LogP) is 1.41. The summed E-state index contributed by atoms with van der Waals surface area (Å²) in [6.45, 7) is 5.24. The number of ether oxygens (including phenoxy) is 1. The normalized spacial score (nSPS) is 37.9. The smallest absolute Gasteiger partial charge is 0.202 e. The van der Waals surface area contributed by atoms with E-state index in [1.807, 2.05) is 13.8 Å². The first-order chi connectivity index (χ1) is 6.68. The highest BCUT2D eigenvalue weighted by Gasteiger charge is 2.39. The molecule has 1 rings (SSSR count). The van der Waals surface area contributed by atoms with Gasteiger partial charge in [0.15, 0.2) is 0 Å². The van der Waals surface area contributed by atoms with Crippen molar-refractivity contribution in [3.63, 3.8) is 0 Å². The third-order valence-electron chi connectivity index (χ3n) is 2.90. The number of likely N-dealkylation sites (N-methyl/N-ethyl adjacent to an activating group) is 1. The SMILES string of the molecule is CCCC1OCC[N+]([O-])(CC)C1C#N. The summed E-state index contributed by atoms with van der Waals surface area (Å²) in [4.78, 5) is 0. The van der Waals surface area contributed by atoms with Crippen LogP contribution in [0.25, 0.3) is 0 Å². The highest BCUT2D eigenvalue weighted by Crippen LogP contribution is 2.24. The van der Waals surface area contributed by atoms with Gasteiger partial charge in [-0.3, -0.25) is 0 Å². The van der Waals surface area contributed by atoms with E-state index < -0.39 is 10.7 Å². The van der Waals surface area contributed by atoms with Gasteiger partial charge in [-0.15, -0.1) is 0 Å². The zero-order valence-electron chi connectivity index (χ0n) is 8.90. The zero-order chi connectivity index (χ0) is 10.6. The molecule has 0 amide bonds. The van der Waals surface area contributed by atoms with Crippen molar-refractivity contribution in [1.82, 2.24) is 0 Å². The molecule has 80 valence electrons. The highest BCUT2D eigenvalue weighted by atomic mass is 16.6. The third-order valence-corrected chi connectivity index (χ3v) is 2.90. The fourth-order valence-electron chi connectivity index (χ4n) is 1.96. The highest BCUT2D eigenvalue weighted by molar-refractivity contribution is 4.93. The summed E-state index contributed by atoms with van der Waals surface area (Å²) >= 11 is 0. The van der Waals surface area contributed by atoms with Crippen molar-refractivity contribution in [2.24, 2.45) is 0 Å². The Hall–Kier alpha value is -0.630. The zero-order valence-corrected chi connectivity index (χ0v) is 8.90. The Kier molecular flexibility index (Phi) is 3.87. The number of nitrogens with zero attached hydrogens (tertiary/aromatic N) is 2. The van der Waals surface area contributed by atoms with E-state index in [0.717, 1.165) is 12.8 Å². The molecule has 0 aromatic heterocycles. The minimum absolute atomic E-state index is 0.170. The summed E-state index contributed by atoms with van der Waals surface area (Å²) in [5.74, 6) is 0. The maximum Gasteiger partial charge on any atom is 0.202 e. The Balaban J connectivity index is 2.75. The summed E-state index contributed by atoms with van der Waals surface area (Å²) in [6, 6.07) is 1.58.